The molecule has 1 atom stereocenters. The van der Waals surface area contributed by atoms with Gasteiger partial charge in [0.2, 0.25) is 0 Å². The first kappa shape index (κ1) is 24.2. The zero-order valence-electron chi connectivity index (χ0n) is 19.4. The van der Waals surface area contributed by atoms with E-state index in [1.165, 1.54) is 38.3 Å². The molecule has 5 nitrogen and oxygen atoms in total. The van der Waals surface area contributed by atoms with Crippen LogP contribution < -0.4 is 4.74 Å². The number of carboxylic acids is 1. The zero-order valence-corrected chi connectivity index (χ0v) is 20.1. The summed E-state index contributed by atoms with van der Waals surface area (Å²) in [6.07, 6.45) is 8.22. The van der Waals surface area contributed by atoms with Crippen molar-refractivity contribution >= 4 is 28.5 Å². The second-order valence-corrected chi connectivity index (χ2v) is 10.2. The van der Waals surface area contributed by atoms with Gasteiger partial charge in [-0.1, -0.05) is 37.3 Å². The highest BCUT2D eigenvalue weighted by Gasteiger charge is 2.42. The van der Waals surface area contributed by atoms with E-state index in [-0.39, 0.29) is 11.4 Å². The van der Waals surface area contributed by atoms with Crippen molar-refractivity contribution in [2.45, 2.75) is 64.0 Å². The molecule has 180 valence electrons. The van der Waals surface area contributed by atoms with Crippen molar-refractivity contribution in [2.24, 2.45) is 11.3 Å². The Bertz CT molecular complexity index is 971. The van der Waals surface area contributed by atoms with Crippen LogP contribution in [-0.2, 0) is 4.79 Å². The number of piperidine rings is 1. The summed E-state index contributed by atoms with van der Waals surface area (Å²) in [6, 6.07) is 5.30. The van der Waals surface area contributed by atoms with Crippen LogP contribution in [0.2, 0.25) is 5.02 Å². The maximum Gasteiger partial charge on any atom is 0.309 e. The molecule has 1 aromatic heterocycles. The van der Waals surface area contributed by atoms with Gasteiger partial charge < -0.3 is 14.7 Å². The average molecular weight is 477 g/mol. The van der Waals surface area contributed by atoms with E-state index >= 15 is 4.39 Å². The minimum absolute atomic E-state index is 0.115. The summed E-state index contributed by atoms with van der Waals surface area (Å²) in [7, 11) is 1.56. The summed E-state index contributed by atoms with van der Waals surface area (Å²) in [5, 5.41) is 10.9. The van der Waals surface area contributed by atoms with Crippen LogP contribution in [0.1, 0.15) is 69.5 Å². The summed E-state index contributed by atoms with van der Waals surface area (Å²) >= 11 is 6.35. The Kier molecular flexibility index (Phi) is 7.75. The largest absolute Gasteiger partial charge is 0.497 e. The number of nitrogens with zero attached hydrogens (tertiary/aromatic N) is 2. The predicted molar refractivity (Wildman–Crippen MR) is 129 cm³/mol. The van der Waals surface area contributed by atoms with Gasteiger partial charge in [-0.2, -0.15) is 0 Å². The first-order valence-corrected chi connectivity index (χ1v) is 12.5. The van der Waals surface area contributed by atoms with Gasteiger partial charge in [-0.3, -0.25) is 9.78 Å². The van der Waals surface area contributed by atoms with E-state index in [9.17, 15) is 9.90 Å². The normalized spacial score (nSPS) is 20.2. The number of likely N-dealkylation sites (tertiary alicyclic amines) is 1. The molecule has 1 aliphatic carbocycles. The highest BCUT2D eigenvalue weighted by atomic mass is 35.5. The molecule has 2 aliphatic rings. The number of benzene rings is 1. The summed E-state index contributed by atoms with van der Waals surface area (Å²) in [5.74, 6) is 0.631. The van der Waals surface area contributed by atoms with Crippen LogP contribution >= 0.6 is 11.6 Å². The lowest BCUT2D eigenvalue weighted by molar-refractivity contribution is -0.153. The van der Waals surface area contributed by atoms with E-state index in [0.29, 0.717) is 41.5 Å². The zero-order chi connectivity index (χ0) is 23.4. The highest BCUT2D eigenvalue weighted by molar-refractivity contribution is 6.32. The molecule has 1 aliphatic heterocycles. The van der Waals surface area contributed by atoms with Crippen molar-refractivity contribution < 1.29 is 19.0 Å². The number of ether oxygens (including phenoxy) is 1. The predicted octanol–water partition coefficient (Wildman–Crippen LogP) is 6.43. The Morgan fingerprint density at radius 3 is 2.73 bits per heavy atom. The first-order valence-electron chi connectivity index (χ1n) is 12.1. The Morgan fingerprint density at radius 2 is 2.06 bits per heavy atom. The smallest absolute Gasteiger partial charge is 0.309 e. The van der Waals surface area contributed by atoms with Gasteiger partial charge in [-0.05, 0) is 75.9 Å². The van der Waals surface area contributed by atoms with Crippen LogP contribution in [0.3, 0.4) is 0 Å². The third kappa shape index (κ3) is 5.43. The van der Waals surface area contributed by atoms with Crippen LogP contribution in [-0.4, -0.2) is 47.7 Å². The molecule has 0 spiro atoms. The van der Waals surface area contributed by atoms with E-state index in [0.717, 1.165) is 25.6 Å². The van der Waals surface area contributed by atoms with Crippen LogP contribution in [0.5, 0.6) is 5.75 Å². The molecule has 1 saturated heterocycles. The summed E-state index contributed by atoms with van der Waals surface area (Å²) in [4.78, 5) is 19.0. The highest BCUT2D eigenvalue weighted by Crippen LogP contribution is 2.42. The molecule has 1 saturated carbocycles. The summed E-state index contributed by atoms with van der Waals surface area (Å²) in [5.41, 5.74) is 0.137. The fraction of sp³-hybridized carbons (Fsp3) is 0.615. The Morgan fingerprint density at radius 1 is 1.33 bits per heavy atom. The van der Waals surface area contributed by atoms with Gasteiger partial charge in [0.25, 0.3) is 0 Å². The van der Waals surface area contributed by atoms with E-state index in [1.807, 2.05) is 0 Å². The number of aliphatic carboxylic acids is 1. The molecule has 0 amide bonds. The third-order valence-corrected chi connectivity index (χ3v) is 8.15. The molecular weight excluding hydrogens is 443 g/mol. The minimum atomic E-state index is -1.37. The van der Waals surface area contributed by atoms with Gasteiger partial charge in [0, 0.05) is 17.1 Å². The monoisotopic (exact) mass is 476 g/mol. The van der Waals surface area contributed by atoms with E-state index in [1.54, 1.807) is 25.3 Å². The van der Waals surface area contributed by atoms with Crippen molar-refractivity contribution in [3.05, 3.63) is 35.0 Å². The second kappa shape index (κ2) is 10.6. The van der Waals surface area contributed by atoms with Gasteiger partial charge in [0.1, 0.15) is 11.9 Å². The Hall–Kier alpha value is -1.92. The van der Waals surface area contributed by atoms with Crippen molar-refractivity contribution in [1.29, 1.82) is 0 Å². The van der Waals surface area contributed by atoms with Crippen LogP contribution in [0.25, 0.3) is 10.9 Å². The molecule has 2 heterocycles. The topological polar surface area (TPSA) is 62.7 Å². The van der Waals surface area contributed by atoms with Gasteiger partial charge in [-0.25, -0.2) is 4.39 Å². The van der Waals surface area contributed by atoms with Crippen molar-refractivity contribution in [2.75, 3.05) is 26.7 Å². The van der Waals surface area contributed by atoms with Crippen LogP contribution in [0.15, 0.2) is 24.4 Å². The van der Waals surface area contributed by atoms with Gasteiger partial charge >= 0.3 is 5.97 Å². The van der Waals surface area contributed by atoms with Gasteiger partial charge in [0.15, 0.2) is 0 Å². The van der Waals surface area contributed by atoms with Crippen molar-refractivity contribution in [3.8, 4) is 5.75 Å². The Balaban J connectivity index is 1.41. The Labute approximate surface area is 200 Å². The molecule has 2 fully saturated rings. The molecule has 7 heteroatoms. The first-order chi connectivity index (χ1) is 15.9. The van der Waals surface area contributed by atoms with E-state index in [2.05, 4.69) is 9.88 Å². The van der Waals surface area contributed by atoms with Gasteiger partial charge in [0.05, 0.1) is 23.1 Å². The second-order valence-electron chi connectivity index (χ2n) is 9.78. The number of hydrogen-bond donors (Lipinski definition) is 1. The van der Waals surface area contributed by atoms with Crippen molar-refractivity contribution in [3.63, 3.8) is 0 Å². The number of rotatable bonds is 9. The third-order valence-electron chi connectivity index (χ3n) is 7.85. The molecule has 4 rings (SSSR count). The number of carbonyl (C=O) groups is 1. The van der Waals surface area contributed by atoms with Crippen molar-refractivity contribution in [1.82, 2.24) is 9.88 Å². The standard InChI is InChI=1S/C26H34ClFN2O3/c1-33-19-6-7-23-20(16-19)24(21(27)17-29-23)22(28)8-10-26(25(31)32)11-14-30(15-12-26)13-9-18-4-2-3-5-18/h6-7,16-18,22H,2-5,8-15H2,1H3,(H,31,32). The lowest BCUT2D eigenvalue weighted by Crippen LogP contribution is -2.45. The number of carboxylic acid groups (broad SMARTS) is 1. The lowest BCUT2D eigenvalue weighted by Gasteiger charge is -2.39. The summed E-state index contributed by atoms with van der Waals surface area (Å²) < 4.78 is 20.8. The number of aromatic nitrogens is 1. The number of hydrogen-bond acceptors (Lipinski definition) is 4. The number of methoxy groups -OCH3 is 1. The fourth-order valence-electron chi connectivity index (χ4n) is 5.60. The van der Waals surface area contributed by atoms with Crippen LogP contribution in [0, 0.1) is 11.3 Å². The lowest BCUT2D eigenvalue weighted by atomic mass is 9.74. The maximum absolute atomic E-state index is 15.6. The van der Waals surface area contributed by atoms with Gasteiger partial charge in [-0.15, -0.1) is 0 Å². The summed E-state index contributed by atoms with van der Waals surface area (Å²) in [6.45, 7) is 2.59. The molecule has 0 radical (unpaired) electrons. The SMILES string of the molecule is COc1ccc2ncc(Cl)c(C(F)CCC3(C(=O)O)CCN(CCC4CCCC4)CC3)c2c1. The number of pyridine rings is 1. The minimum Gasteiger partial charge on any atom is -0.497 e. The molecule has 2 aromatic rings. The maximum atomic E-state index is 15.6. The molecule has 1 N–H and O–H groups in total. The number of fused-ring (bicyclic) bond motifs is 1. The molecule has 0 bridgehead atoms. The van der Waals surface area contributed by atoms with E-state index < -0.39 is 17.6 Å². The number of halogens is 2. The van der Waals surface area contributed by atoms with E-state index in [4.69, 9.17) is 16.3 Å². The quantitative estimate of drug-likeness (QED) is 0.451. The molecular formula is C26H34ClFN2O3. The molecule has 1 aromatic carbocycles. The number of alkyl halides is 1. The fourth-order valence-corrected chi connectivity index (χ4v) is 5.87. The van der Waals surface area contributed by atoms with Crippen LogP contribution in [0.4, 0.5) is 4.39 Å². The average Bonchev–Trinajstić information content (AvgIpc) is 3.35. The molecule has 33 heavy (non-hydrogen) atoms. The molecule has 1 unspecified atom stereocenters.